The molecule has 2 rings (SSSR count). The van der Waals surface area contributed by atoms with Crippen LogP contribution in [-0.4, -0.2) is 28.8 Å². The molecule has 0 unspecified atom stereocenters. The predicted octanol–water partition coefficient (Wildman–Crippen LogP) is 2.51. The van der Waals surface area contributed by atoms with Gasteiger partial charge in [-0.15, -0.1) is 0 Å². The number of amides is 1. The van der Waals surface area contributed by atoms with Gasteiger partial charge in [0, 0.05) is 17.1 Å². The average Bonchev–Trinajstić information content (AvgIpc) is 2.57. The second-order valence-corrected chi connectivity index (χ2v) is 6.53. The first-order valence-corrected chi connectivity index (χ1v) is 8.48. The number of aliphatic hydroxyl groups excluding tert-OH is 1. The van der Waals surface area contributed by atoms with E-state index < -0.39 is 5.91 Å². The summed E-state index contributed by atoms with van der Waals surface area (Å²) in [6.45, 7) is 1.34. The molecule has 9 heteroatoms. The molecule has 1 amide bonds. The van der Waals surface area contributed by atoms with Gasteiger partial charge < -0.3 is 10.4 Å². The minimum atomic E-state index is -0.553. The van der Waals surface area contributed by atoms with Gasteiger partial charge in [-0.05, 0) is 31.2 Å². The van der Waals surface area contributed by atoms with Crippen molar-refractivity contribution in [2.75, 3.05) is 18.5 Å². The number of carbonyl (C=O) groups is 1. The largest absolute Gasteiger partial charge is 0.394 e. The molecule has 3 N–H and O–H groups in total. The number of benzene rings is 1. The number of pyridine rings is 1. The Labute approximate surface area is 157 Å². The molecule has 134 valence electrons. The number of halogens is 2. The van der Waals surface area contributed by atoms with Crippen molar-refractivity contribution in [3.8, 4) is 0 Å². The van der Waals surface area contributed by atoms with Crippen LogP contribution in [0.2, 0.25) is 5.02 Å². The van der Waals surface area contributed by atoms with Crippen molar-refractivity contribution in [1.29, 1.82) is 0 Å². The third kappa shape index (κ3) is 4.60. The Kier molecular flexibility index (Phi) is 6.60. The summed E-state index contributed by atoms with van der Waals surface area (Å²) in [5, 5.41) is 12.2. The summed E-state index contributed by atoms with van der Waals surface area (Å²) in [6.07, 6.45) is 0. The molecule has 25 heavy (non-hydrogen) atoms. The number of anilines is 2. The fraction of sp³-hybridized carbons (Fsp3) is 0.250. The highest BCUT2D eigenvalue weighted by atomic mass is 79.9. The number of nitrogens with zero attached hydrogens (tertiary/aromatic N) is 1. The Morgan fingerprint density at radius 2 is 2.12 bits per heavy atom. The number of aliphatic hydroxyl groups is 1. The van der Waals surface area contributed by atoms with Gasteiger partial charge in [0.15, 0.2) is 0 Å². The molecule has 0 spiro atoms. The van der Waals surface area contributed by atoms with E-state index in [9.17, 15) is 9.59 Å². The number of hydroxylamine groups is 1. The van der Waals surface area contributed by atoms with Crippen molar-refractivity contribution in [2.45, 2.75) is 6.92 Å². The lowest BCUT2D eigenvalue weighted by Gasteiger charge is -2.17. The Morgan fingerprint density at radius 3 is 2.76 bits per heavy atom. The van der Waals surface area contributed by atoms with Crippen molar-refractivity contribution < 1.29 is 14.7 Å². The summed E-state index contributed by atoms with van der Waals surface area (Å²) >= 11 is 9.53. The molecule has 2 aromatic rings. The topological polar surface area (TPSA) is 92.6 Å². The third-order valence-electron chi connectivity index (χ3n) is 3.38. The molecule has 1 aromatic carbocycles. The maximum absolute atomic E-state index is 12.4. The Bertz CT molecular complexity index is 854. The van der Waals surface area contributed by atoms with Crippen LogP contribution in [0.4, 0.5) is 11.5 Å². The van der Waals surface area contributed by atoms with Gasteiger partial charge >= 0.3 is 0 Å². The second-order valence-electron chi connectivity index (χ2n) is 5.21. The average molecular weight is 431 g/mol. The summed E-state index contributed by atoms with van der Waals surface area (Å²) in [5.74, 6) is -0.284. The van der Waals surface area contributed by atoms with Crippen molar-refractivity contribution in [3.05, 3.63) is 55.2 Å². The lowest BCUT2D eigenvalue weighted by molar-refractivity contribution is 0.0168. The number of nitrogens with one attached hydrogen (secondary N) is 2. The van der Waals surface area contributed by atoms with Crippen molar-refractivity contribution >= 4 is 44.9 Å². The first-order chi connectivity index (χ1) is 11.8. The highest BCUT2D eigenvalue weighted by Gasteiger charge is 2.18. The fourth-order valence-corrected chi connectivity index (χ4v) is 2.87. The molecule has 0 fully saturated rings. The van der Waals surface area contributed by atoms with Gasteiger partial charge in [0.05, 0.1) is 29.5 Å². The standard InChI is InChI=1S/C16H17BrClN3O4/c1-9-7-11(15(23)20-25-6-5-22)14(21(2)16(9)24)19-13-4-3-10(17)8-12(13)18/h3-4,7-8,19,22H,5-6H2,1-2H3,(H,20,23). The second kappa shape index (κ2) is 8.48. The van der Waals surface area contributed by atoms with Gasteiger partial charge in [-0.2, -0.15) is 0 Å². The molecule has 7 nitrogen and oxygen atoms in total. The molecule has 0 aliphatic carbocycles. The molecule has 0 saturated heterocycles. The lowest BCUT2D eigenvalue weighted by Crippen LogP contribution is -2.30. The van der Waals surface area contributed by atoms with Gasteiger partial charge in [0.2, 0.25) is 0 Å². The van der Waals surface area contributed by atoms with Crippen LogP contribution in [0.5, 0.6) is 0 Å². The first kappa shape index (κ1) is 19.5. The van der Waals surface area contributed by atoms with E-state index in [0.717, 1.165) is 4.47 Å². The molecule has 0 bridgehead atoms. The van der Waals surface area contributed by atoms with Gasteiger partial charge in [0.1, 0.15) is 5.82 Å². The van der Waals surface area contributed by atoms with Gasteiger partial charge in [-0.3, -0.25) is 19.0 Å². The summed E-state index contributed by atoms with van der Waals surface area (Å²) in [6, 6.07) is 6.67. The molecule has 0 radical (unpaired) electrons. The quantitative estimate of drug-likeness (QED) is 0.484. The van der Waals surface area contributed by atoms with E-state index in [2.05, 4.69) is 26.7 Å². The van der Waals surface area contributed by atoms with E-state index in [1.165, 1.54) is 10.6 Å². The number of carbonyl (C=O) groups excluding carboxylic acids is 1. The fourth-order valence-electron chi connectivity index (χ4n) is 2.15. The summed E-state index contributed by atoms with van der Waals surface area (Å²) in [4.78, 5) is 29.5. The number of aryl methyl sites for hydroxylation is 1. The van der Waals surface area contributed by atoms with Crippen molar-refractivity contribution in [1.82, 2.24) is 10.0 Å². The van der Waals surface area contributed by atoms with Crippen LogP contribution in [0.15, 0.2) is 33.5 Å². The molecule has 0 saturated carbocycles. The van der Waals surface area contributed by atoms with Crippen LogP contribution in [0.3, 0.4) is 0 Å². The SMILES string of the molecule is Cc1cc(C(=O)NOCCO)c(Nc2ccc(Br)cc2Cl)n(C)c1=O. The molecule has 0 aliphatic heterocycles. The Morgan fingerprint density at radius 1 is 1.40 bits per heavy atom. The van der Waals surface area contributed by atoms with Crippen LogP contribution in [-0.2, 0) is 11.9 Å². The van der Waals surface area contributed by atoms with E-state index in [1.807, 2.05) is 0 Å². The van der Waals surface area contributed by atoms with Crippen molar-refractivity contribution in [3.63, 3.8) is 0 Å². The van der Waals surface area contributed by atoms with Crippen LogP contribution >= 0.6 is 27.5 Å². The molecular weight excluding hydrogens is 414 g/mol. The normalized spacial score (nSPS) is 10.6. The minimum Gasteiger partial charge on any atom is -0.394 e. The van der Waals surface area contributed by atoms with Gasteiger partial charge in [-0.1, -0.05) is 27.5 Å². The van der Waals surface area contributed by atoms with E-state index in [1.54, 1.807) is 32.2 Å². The van der Waals surface area contributed by atoms with Crippen molar-refractivity contribution in [2.24, 2.45) is 7.05 Å². The van der Waals surface area contributed by atoms with Gasteiger partial charge in [0.25, 0.3) is 11.5 Å². The maximum atomic E-state index is 12.4. The van der Waals surface area contributed by atoms with Crippen LogP contribution in [0.1, 0.15) is 15.9 Å². The van der Waals surface area contributed by atoms with Gasteiger partial charge in [-0.25, -0.2) is 5.48 Å². The zero-order valence-corrected chi connectivity index (χ0v) is 15.9. The monoisotopic (exact) mass is 429 g/mol. The summed E-state index contributed by atoms with van der Waals surface area (Å²) in [5.41, 5.74) is 3.13. The highest BCUT2D eigenvalue weighted by molar-refractivity contribution is 9.10. The number of aromatic nitrogens is 1. The van der Waals surface area contributed by atoms with Crippen LogP contribution in [0.25, 0.3) is 0 Å². The minimum absolute atomic E-state index is 0.0439. The zero-order chi connectivity index (χ0) is 18.6. The number of hydrogen-bond donors (Lipinski definition) is 3. The summed E-state index contributed by atoms with van der Waals surface area (Å²) in [7, 11) is 1.55. The number of hydrogen-bond acceptors (Lipinski definition) is 5. The summed E-state index contributed by atoms with van der Waals surface area (Å²) < 4.78 is 2.13. The molecule has 0 atom stereocenters. The van der Waals surface area contributed by atoms with E-state index >= 15 is 0 Å². The first-order valence-electron chi connectivity index (χ1n) is 7.31. The zero-order valence-electron chi connectivity index (χ0n) is 13.6. The Hall–Kier alpha value is -1.87. The highest BCUT2D eigenvalue weighted by Crippen LogP contribution is 2.29. The molecule has 1 aromatic heterocycles. The lowest BCUT2D eigenvalue weighted by atomic mass is 10.1. The number of rotatable bonds is 6. The third-order valence-corrected chi connectivity index (χ3v) is 4.19. The Balaban J connectivity index is 2.45. The van der Waals surface area contributed by atoms with Crippen LogP contribution < -0.4 is 16.4 Å². The van der Waals surface area contributed by atoms with E-state index in [-0.39, 0.29) is 30.2 Å². The molecule has 0 aliphatic rings. The van der Waals surface area contributed by atoms with E-state index in [0.29, 0.717) is 16.3 Å². The maximum Gasteiger partial charge on any atom is 0.278 e. The van der Waals surface area contributed by atoms with Crippen LogP contribution in [0, 0.1) is 6.92 Å². The smallest absolute Gasteiger partial charge is 0.278 e. The molecule has 1 heterocycles. The van der Waals surface area contributed by atoms with E-state index in [4.69, 9.17) is 21.5 Å². The predicted molar refractivity (Wildman–Crippen MR) is 99.4 cm³/mol. The molecular formula is C16H17BrClN3O4.